The van der Waals surface area contributed by atoms with Crippen LogP contribution in [0, 0.1) is 5.41 Å². The standard InChI is InChI=1S/C19H20N2O3/c1-12(2)21-18(22)9-14-8-16-17(24-11-23-16)10-15(14)19(20)13-6-4-3-5-7-13/h3-8,10,12,20H,9,11H2,1-2H3,(H,21,22). The van der Waals surface area contributed by atoms with E-state index in [0.29, 0.717) is 22.8 Å². The molecule has 5 nitrogen and oxygen atoms in total. The van der Waals surface area contributed by atoms with Crippen LogP contribution in [0.5, 0.6) is 11.5 Å². The summed E-state index contributed by atoms with van der Waals surface area (Å²) in [6, 6.07) is 13.1. The molecule has 0 unspecified atom stereocenters. The van der Waals surface area contributed by atoms with Crippen LogP contribution in [0.1, 0.15) is 30.5 Å². The molecule has 1 aliphatic rings. The highest BCUT2D eigenvalue weighted by Gasteiger charge is 2.21. The van der Waals surface area contributed by atoms with Crippen molar-refractivity contribution < 1.29 is 14.3 Å². The molecule has 0 aliphatic carbocycles. The minimum atomic E-state index is -0.0778. The van der Waals surface area contributed by atoms with E-state index in [2.05, 4.69) is 5.32 Å². The predicted molar refractivity (Wildman–Crippen MR) is 91.9 cm³/mol. The first-order valence-electron chi connectivity index (χ1n) is 7.91. The molecule has 0 fully saturated rings. The van der Waals surface area contributed by atoms with Crippen molar-refractivity contribution in [3.8, 4) is 11.5 Å². The lowest BCUT2D eigenvalue weighted by Crippen LogP contribution is -2.31. The third-order valence-electron chi connectivity index (χ3n) is 3.73. The number of ether oxygens (including phenoxy) is 2. The van der Waals surface area contributed by atoms with Gasteiger partial charge < -0.3 is 14.8 Å². The Morgan fingerprint density at radius 3 is 2.50 bits per heavy atom. The van der Waals surface area contributed by atoms with E-state index < -0.39 is 0 Å². The van der Waals surface area contributed by atoms with Gasteiger partial charge in [0.2, 0.25) is 12.7 Å². The van der Waals surface area contributed by atoms with Crippen LogP contribution < -0.4 is 14.8 Å². The number of benzene rings is 2. The van der Waals surface area contributed by atoms with E-state index in [-0.39, 0.29) is 25.2 Å². The molecular weight excluding hydrogens is 304 g/mol. The molecule has 0 saturated heterocycles. The fourth-order valence-electron chi connectivity index (χ4n) is 2.67. The number of hydrogen-bond donors (Lipinski definition) is 2. The number of amides is 1. The van der Waals surface area contributed by atoms with E-state index in [1.165, 1.54) is 0 Å². The second-order valence-corrected chi connectivity index (χ2v) is 6.00. The van der Waals surface area contributed by atoms with Gasteiger partial charge in [0.25, 0.3) is 0 Å². The van der Waals surface area contributed by atoms with Gasteiger partial charge >= 0.3 is 0 Å². The molecule has 2 aromatic rings. The molecule has 0 saturated carbocycles. The summed E-state index contributed by atoms with van der Waals surface area (Å²) in [5.41, 5.74) is 2.60. The molecule has 1 aliphatic heterocycles. The maximum absolute atomic E-state index is 12.2. The number of carbonyl (C=O) groups excluding carboxylic acids is 1. The van der Waals surface area contributed by atoms with Crippen LogP contribution >= 0.6 is 0 Å². The molecule has 24 heavy (non-hydrogen) atoms. The summed E-state index contributed by atoms with van der Waals surface area (Å²) in [5, 5.41) is 11.4. The Labute approximate surface area is 141 Å². The highest BCUT2D eigenvalue weighted by molar-refractivity contribution is 6.12. The first kappa shape index (κ1) is 16.1. The van der Waals surface area contributed by atoms with Gasteiger partial charge in [-0.1, -0.05) is 30.3 Å². The highest BCUT2D eigenvalue weighted by atomic mass is 16.7. The third-order valence-corrected chi connectivity index (χ3v) is 3.73. The van der Waals surface area contributed by atoms with Crippen molar-refractivity contribution in [3.63, 3.8) is 0 Å². The van der Waals surface area contributed by atoms with Gasteiger partial charge in [-0.25, -0.2) is 0 Å². The van der Waals surface area contributed by atoms with Crippen molar-refractivity contribution in [2.75, 3.05) is 6.79 Å². The number of hydrogen-bond acceptors (Lipinski definition) is 4. The Bertz CT molecular complexity index is 770. The zero-order valence-corrected chi connectivity index (χ0v) is 13.8. The van der Waals surface area contributed by atoms with Gasteiger partial charge in [-0.15, -0.1) is 0 Å². The molecule has 5 heteroatoms. The second-order valence-electron chi connectivity index (χ2n) is 6.00. The number of fused-ring (bicyclic) bond motifs is 1. The lowest BCUT2D eigenvalue weighted by Gasteiger charge is -2.14. The quantitative estimate of drug-likeness (QED) is 0.831. The third kappa shape index (κ3) is 3.40. The summed E-state index contributed by atoms with van der Waals surface area (Å²) in [6.45, 7) is 4.00. The fraction of sp³-hybridized carbons (Fsp3) is 0.263. The fourth-order valence-corrected chi connectivity index (χ4v) is 2.67. The van der Waals surface area contributed by atoms with E-state index in [0.717, 1.165) is 11.1 Å². The van der Waals surface area contributed by atoms with Gasteiger partial charge in [-0.3, -0.25) is 10.2 Å². The van der Waals surface area contributed by atoms with Crippen LogP contribution in [0.25, 0.3) is 0 Å². The van der Waals surface area contributed by atoms with Gasteiger partial charge in [0.1, 0.15) is 0 Å². The molecule has 0 bridgehead atoms. The molecular formula is C19H20N2O3. The smallest absolute Gasteiger partial charge is 0.231 e. The molecule has 2 aromatic carbocycles. The van der Waals surface area contributed by atoms with E-state index in [1.54, 1.807) is 12.1 Å². The van der Waals surface area contributed by atoms with E-state index in [9.17, 15) is 4.79 Å². The van der Waals surface area contributed by atoms with Crippen LogP contribution in [-0.4, -0.2) is 24.5 Å². The molecule has 1 amide bonds. The van der Waals surface area contributed by atoms with Crippen molar-refractivity contribution in [2.24, 2.45) is 0 Å². The van der Waals surface area contributed by atoms with Gasteiger partial charge in [0, 0.05) is 17.2 Å². The van der Waals surface area contributed by atoms with Crippen molar-refractivity contribution in [3.05, 3.63) is 59.2 Å². The number of nitrogens with one attached hydrogen (secondary N) is 2. The predicted octanol–water partition coefficient (Wildman–Crippen LogP) is 2.90. The Morgan fingerprint density at radius 1 is 1.17 bits per heavy atom. The summed E-state index contributed by atoms with van der Waals surface area (Å²) >= 11 is 0. The van der Waals surface area contributed by atoms with E-state index in [4.69, 9.17) is 14.9 Å². The molecule has 124 valence electrons. The van der Waals surface area contributed by atoms with Crippen LogP contribution in [0.3, 0.4) is 0 Å². The summed E-state index contributed by atoms with van der Waals surface area (Å²) in [4.78, 5) is 12.2. The Kier molecular flexibility index (Phi) is 4.51. The largest absolute Gasteiger partial charge is 0.454 e. The van der Waals surface area contributed by atoms with Crippen molar-refractivity contribution in [1.29, 1.82) is 5.41 Å². The average Bonchev–Trinajstić information content (AvgIpc) is 3.00. The number of carbonyl (C=O) groups is 1. The normalized spacial score (nSPS) is 12.3. The molecule has 0 radical (unpaired) electrons. The molecule has 0 spiro atoms. The topological polar surface area (TPSA) is 71.4 Å². The molecule has 0 atom stereocenters. The van der Waals surface area contributed by atoms with Gasteiger partial charge in [0.05, 0.1) is 12.1 Å². The molecule has 3 rings (SSSR count). The molecule has 0 aromatic heterocycles. The van der Waals surface area contributed by atoms with Crippen LogP contribution in [0.2, 0.25) is 0 Å². The summed E-state index contributed by atoms with van der Waals surface area (Å²) in [6.07, 6.45) is 0.194. The van der Waals surface area contributed by atoms with E-state index >= 15 is 0 Å². The summed E-state index contributed by atoms with van der Waals surface area (Å²) in [5.74, 6) is 1.15. The molecule has 2 N–H and O–H groups in total. The minimum absolute atomic E-state index is 0.0727. The van der Waals surface area contributed by atoms with Crippen LogP contribution in [0.4, 0.5) is 0 Å². The average molecular weight is 324 g/mol. The first-order valence-corrected chi connectivity index (χ1v) is 7.91. The van der Waals surface area contributed by atoms with Crippen LogP contribution in [-0.2, 0) is 11.2 Å². The zero-order valence-electron chi connectivity index (χ0n) is 13.8. The molecule has 1 heterocycles. The lowest BCUT2D eigenvalue weighted by molar-refractivity contribution is -0.120. The minimum Gasteiger partial charge on any atom is -0.454 e. The lowest BCUT2D eigenvalue weighted by atomic mass is 9.95. The summed E-state index contributed by atoms with van der Waals surface area (Å²) < 4.78 is 10.8. The summed E-state index contributed by atoms with van der Waals surface area (Å²) in [7, 11) is 0. The van der Waals surface area contributed by atoms with Crippen LogP contribution in [0.15, 0.2) is 42.5 Å². The first-order chi connectivity index (χ1) is 11.5. The maximum atomic E-state index is 12.2. The highest BCUT2D eigenvalue weighted by Crippen LogP contribution is 2.35. The van der Waals surface area contributed by atoms with Gasteiger partial charge in [0.15, 0.2) is 11.5 Å². The Balaban J connectivity index is 1.97. The van der Waals surface area contributed by atoms with Crippen molar-refractivity contribution in [1.82, 2.24) is 5.32 Å². The SMILES string of the molecule is CC(C)NC(=O)Cc1cc2c(cc1C(=N)c1ccccc1)OCO2. The Hall–Kier alpha value is -2.82. The van der Waals surface area contributed by atoms with Crippen molar-refractivity contribution in [2.45, 2.75) is 26.3 Å². The maximum Gasteiger partial charge on any atom is 0.231 e. The van der Waals surface area contributed by atoms with Gasteiger partial charge in [-0.2, -0.15) is 0 Å². The monoisotopic (exact) mass is 324 g/mol. The van der Waals surface area contributed by atoms with Crippen molar-refractivity contribution >= 4 is 11.6 Å². The second kappa shape index (κ2) is 6.74. The zero-order chi connectivity index (χ0) is 17.1. The Morgan fingerprint density at radius 2 is 1.83 bits per heavy atom. The van der Waals surface area contributed by atoms with E-state index in [1.807, 2.05) is 44.2 Å². The van der Waals surface area contributed by atoms with Gasteiger partial charge in [-0.05, 0) is 31.5 Å². The number of rotatable bonds is 5.